The number of H-pyrrole nitrogens is 1. The van der Waals surface area contributed by atoms with Crippen molar-refractivity contribution < 1.29 is 4.52 Å². The van der Waals surface area contributed by atoms with E-state index in [9.17, 15) is 9.59 Å². The molecule has 0 fully saturated rings. The fourth-order valence-corrected chi connectivity index (χ4v) is 1.18. The Morgan fingerprint density at radius 3 is 2.50 bits per heavy atom. The number of aromatic amines is 1. The van der Waals surface area contributed by atoms with Crippen LogP contribution in [0, 0.1) is 0 Å². The van der Waals surface area contributed by atoms with Crippen LogP contribution in [-0.4, -0.2) is 5.16 Å². The SMILES string of the molecule is O=c1[nH]occ(-c2ccccc2)c1=O. The number of nitrogens with one attached hydrogen (secondary N) is 1. The van der Waals surface area contributed by atoms with E-state index in [0.717, 1.165) is 0 Å². The van der Waals surface area contributed by atoms with Crippen LogP contribution in [0.3, 0.4) is 0 Å². The second-order valence-electron chi connectivity index (χ2n) is 2.78. The number of hydrogen-bond donors (Lipinski definition) is 1. The highest BCUT2D eigenvalue weighted by Gasteiger charge is 2.05. The molecular formula is C10H7NO3. The number of benzene rings is 1. The van der Waals surface area contributed by atoms with Crippen molar-refractivity contribution in [3.8, 4) is 11.1 Å². The first-order valence-corrected chi connectivity index (χ1v) is 4.05. The summed E-state index contributed by atoms with van der Waals surface area (Å²) in [6.45, 7) is 0. The van der Waals surface area contributed by atoms with Crippen LogP contribution in [0.4, 0.5) is 0 Å². The van der Waals surface area contributed by atoms with E-state index >= 15 is 0 Å². The van der Waals surface area contributed by atoms with Crippen LogP contribution < -0.4 is 11.0 Å². The summed E-state index contributed by atoms with van der Waals surface area (Å²) < 4.78 is 4.64. The minimum Gasteiger partial charge on any atom is -0.386 e. The standard InChI is InChI=1S/C10H7NO3/c12-9-8(6-14-11-10(9)13)7-4-2-1-3-5-7/h1-6H,(H,11,13). The quantitative estimate of drug-likeness (QED) is 0.680. The van der Waals surface area contributed by atoms with Gasteiger partial charge in [-0.15, -0.1) is 0 Å². The monoisotopic (exact) mass is 189 g/mol. The van der Waals surface area contributed by atoms with Gasteiger partial charge in [-0.1, -0.05) is 30.3 Å². The van der Waals surface area contributed by atoms with Gasteiger partial charge in [-0.05, 0) is 5.56 Å². The molecule has 0 saturated carbocycles. The topological polar surface area (TPSA) is 63.1 Å². The normalized spacial score (nSPS) is 10.0. The van der Waals surface area contributed by atoms with Crippen molar-refractivity contribution in [3.63, 3.8) is 0 Å². The van der Waals surface area contributed by atoms with E-state index in [2.05, 4.69) is 4.52 Å². The second kappa shape index (κ2) is 3.33. The molecule has 4 nitrogen and oxygen atoms in total. The number of hydrogen-bond acceptors (Lipinski definition) is 3. The molecule has 0 amide bonds. The molecule has 2 rings (SSSR count). The summed E-state index contributed by atoms with van der Waals surface area (Å²) in [6, 6.07) is 8.89. The summed E-state index contributed by atoms with van der Waals surface area (Å²) in [6.07, 6.45) is 1.24. The van der Waals surface area contributed by atoms with Gasteiger partial charge in [0.2, 0.25) is 0 Å². The predicted octanol–water partition coefficient (Wildman–Crippen LogP) is 0.995. The van der Waals surface area contributed by atoms with Crippen LogP contribution in [0.1, 0.15) is 0 Å². The van der Waals surface area contributed by atoms with Crippen molar-refractivity contribution in [1.82, 2.24) is 5.16 Å². The van der Waals surface area contributed by atoms with Crippen molar-refractivity contribution in [3.05, 3.63) is 57.2 Å². The van der Waals surface area contributed by atoms with E-state index in [1.54, 1.807) is 24.3 Å². The van der Waals surface area contributed by atoms with Crippen LogP contribution in [0.15, 0.2) is 50.7 Å². The molecule has 1 heterocycles. The third-order valence-corrected chi connectivity index (χ3v) is 1.86. The molecule has 2 aromatic rings. The Balaban J connectivity index is 2.70. The maximum Gasteiger partial charge on any atom is 0.325 e. The number of rotatable bonds is 1. The summed E-state index contributed by atoms with van der Waals surface area (Å²) in [5.74, 6) is 0. The maximum atomic E-state index is 11.4. The first-order valence-electron chi connectivity index (χ1n) is 4.05. The van der Waals surface area contributed by atoms with Gasteiger partial charge in [0.1, 0.15) is 6.26 Å². The van der Waals surface area contributed by atoms with Gasteiger partial charge in [0.25, 0.3) is 5.43 Å². The Bertz CT molecular complexity index is 539. The Hall–Kier alpha value is -2.10. The van der Waals surface area contributed by atoms with Gasteiger partial charge in [-0.2, -0.15) is 5.16 Å². The van der Waals surface area contributed by atoms with E-state index in [-0.39, 0.29) is 5.56 Å². The van der Waals surface area contributed by atoms with Gasteiger partial charge in [-0.25, -0.2) is 0 Å². The molecule has 4 heteroatoms. The van der Waals surface area contributed by atoms with Crippen LogP contribution in [0.25, 0.3) is 11.1 Å². The summed E-state index contributed by atoms with van der Waals surface area (Å²) in [5.41, 5.74) is -0.379. The molecule has 0 unspecified atom stereocenters. The summed E-state index contributed by atoms with van der Waals surface area (Å²) >= 11 is 0. The molecule has 1 N–H and O–H groups in total. The highest BCUT2D eigenvalue weighted by atomic mass is 16.5. The lowest BCUT2D eigenvalue weighted by Gasteiger charge is -1.96. The molecule has 0 radical (unpaired) electrons. The molecule has 0 aliphatic heterocycles. The Morgan fingerprint density at radius 1 is 1.07 bits per heavy atom. The summed E-state index contributed by atoms with van der Waals surface area (Å²) in [4.78, 5) is 22.3. The first-order chi connectivity index (χ1) is 6.79. The van der Waals surface area contributed by atoms with E-state index in [4.69, 9.17) is 0 Å². The first kappa shape index (κ1) is 8.50. The van der Waals surface area contributed by atoms with E-state index < -0.39 is 11.0 Å². The largest absolute Gasteiger partial charge is 0.386 e. The van der Waals surface area contributed by atoms with Gasteiger partial charge in [0.05, 0.1) is 5.56 Å². The van der Waals surface area contributed by atoms with Crippen molar-refractivity contribution in [1.29, 1.82) is 0 Å². The smallest absolute Gasteiger partial charge is 0.325 e. The lowest BCUT2D eigenvalue weighted by atomic mass is 10.1. The van der Waals surface area contributed by atoms with E-state index in [1.807, 2.05) is 11.2 Å². The van der Waals surface area contributed by atoms with Gasteiger partial charge in [0, 0.05) is 0 Å². The Morgan fingerprint density at radius 2 is 1.79 bits per heavy atom. The zero-order valence-corrected chi connectivity index (χ0v) is 7.19. The Labute approximate surface area is 78.8 Å². The minimum atomic E-state index is -0.744. The van der Waals surface area contributed by atoms with Gasteiger partial charge >= 0.3 is 5.56 Å². The average Bonchev–Trinajstić information content (AvgIpc) is 2.23. The molecule has 0 saturated heterocycles. The third kappa shape index (κ3) is 1.37. The molecule has 0 aliphatic rings. The molecule has 70 valence electrons. The summed E-state index contributed by atoms with van der Waals surface area (Å²) in [5, 5.41) is 1.97. The third-order valence-electron chi connectivity index (χ3n) is 1.86. The van der Waals surface area contributed by atoms with Crippen LogP contribution in [0.5, 0.6) is 0 Å². The molecule has 0 bridgehead atoms. The fraction of sp³-hybridized carbons (Fsp3) is 0. The maximum absolute atomic E-state index is 11.4. The van der Waals surface area contributed by atoms with Gasteiger partial charge < -0.3 is 4.52 Å². The van der Waals surface area contributed by atoms with E-state index in [0.29, 0.717) is 5.56 Å². The second-order valence-corrected chi connectivity index (χ2v) is 2.78. The molecule has 0 spiro atoms. The molecule has 14 heavy (non-hydrogen) atoms. The molecule has 0 aliphatic carbocycles. The molecule has 0 atom stereocenters. The van der Waals surface area contributed by atoms with Crippen molar-refractivity contribution >= 4 is 0 Å². The van der Waals surface area contributed by atoms with Gasteiger partial charge in [-0.3, -0.25) is 9.59 Å². The zero-order valence-electron chi connectivity index (χ0n) is 7.19. The minimum absolute atomic E-state index is 0.273. The van der Waals surface area contributed by atoms with Crippen LogP contribution in [-0.2, 0) is 0 Å². The van der Waals surface area contributed by atoms with E-state index in [1.165, 1.54) is 6.26 Å². The molecule has 1 aromatic carbocycles. The van der Waals surface area contributed by atoms with Crippen molar-refractivity contribution in [2.24, 2.45) is 0 Å². The predicted molar refractivity (Wildman–Crippen MR) is 51.0 cm³/mol. The van der Waals surface area contributed by atoms with Crippen molar-refractivity contribution in [2.75, 3.05) is 0 Å². The molecule has 1 aromatic heterocycles. The van der Waals surface area contributed by atoms with Gasteiger partial charge in [0.15, 0.2) is 0 Å². The zero-order chi connectivity index (χ0) is 9.97. The highest BCUT2D eigenvalue weighted by molar-refractivity contribution is 5.60. The lowest BCUT2D eigenvalue weighted by molar-refractivity contribution is 0.389. The summed E-state index contributed by atoms with van der Waals surface area (Å²) in [7, 11) is 0. The fourth-order valence-electron chi connectivity index (χ4n) is 1.18. The van der Waals surface area contributed by atoms with Crippen molar-refractivity contribution in [2.45, 2.75) is 0 Å². The van der Waals surface area contributed by atoms with Crippen LogP contribution in [0.2, 0.25) is 0 Å². The average molecular weight is 189 g/mol. The Kier molecular flexibility index (Phi) is 2.02. The highest BCUT2D eigenvalue weighted by Crippen LogP contribution is 2.11. The number of aromatic nitrogens is 1. The lowest BCUT2D eigenvalue weighted by Crippen LogP contribution is -2.27. The van der Waals surface area contributed by atoms with Crippen LogP contribution >= 0.6 is 0 Å². The molecular weight excluding hydrogens is 182 g/mol.